The third-order valence-corrected chi connectivity index (χ3v) is 4.73. The number of halogens is 1. The van der Waals surface area contributed by atoms with E-state index in [1.807, 2.05) is 24.4 Å². The molecule has 0 radical (unpaired) electrons. The fraction of sp³-hybridized carbons (Fsp3) is 0.368. The summed E-state index contributed by atoms with van der Waals surface area (Å²) >= 11 is 5.96. The van der Waals surface area contributed by atoms with Crippen molar-refractivity contribution < 1.29 is 4.79 Å². The molecular weight excluding hydrogens is 322 g/mol. The van der Waals surface area contributed by atoms with Gasteiger partial charge in [0.25, 0.3) is 5.91 Å². The lowest BCUT2D eigenvalue weighted by atomic mass is 9.99. The van der Waals surface area contributed by atoms with Crippen LogP contribution in [0.25, 0.3) is 0 Å². The van der Waals surface area contributed by atoms with Gasteiger partial charge in [0.15, 0.2) is 0 Å². The molecule has 126 valence electrons. The van der Waals surface area contributed by atoms with Crippen LogP contribution in [0.1, 0.15) is 43.0 Å². The van der Waals surface area contributed by atoms with Gasteiger partial charge in [-0.15, -0.1) is 0 Å². The molecule has 1 N–H and O–H groups in total. The van der Waals surface area contributed by atoms with Gasteiger partial charge in [-0.25, -0.2) is 0 Å². The number of carbonyl (C=O) groups is 1. The predicted octanol–water partition coefficient (Wildman–Crippen LogP) is 4.76. The number of pyridine rings is 1. The molecule has 24 heavy (non-hydrogen) atoms. The zero-order valence-corrected chi connectivity index (χ0v) is 14.6. The van der Waals surface area contributed by atoms with Gasteiger partial charge in [-0.05, 0) is 49.9 Å². The first kappa shape index (κ1) is 16.8. The monoisotopic (exact) mass is 343 g/mol. The van der Waals surface area contributed by atoms with Crippen LogP contribution in [-0.2, 0) is 0 Å². The van der Waals surface area contributed by atoms with Crippen molar-refractivity contribution in [3.8, 4) is 0 Å². The van der Waals surface area contributed by atoms with Gasteiger partial charge in [0.2, 0.25) is 0 Å². The van der Waals surface area contributed by atoms with Gasteiger partial charge in [-0.1, -0.05) is 24.6 Å². The number of amides is 1. The van der Waals surface area contributed by atoms with Crippen LogP contribution in [0.2, 0.25) is 5.02 Å². The van der Waals surface area contributed by atoms with Gasteiger partial charge in [0, 0.05) is 29.5 Å². The van der Waals surface area contributed by atoms with Gasteiger partial charge in [-0.2, -0.15) is 0 Å². The summed E-state index contributed by atoms with van der Waals surface area (Å²) in [5.41, 5.74) is 2.27. The Bertz CT molecular complexity index is 719. The van der Waals surface area contributed by atoms with E-state index in [2.05, 4.69) is 22.1 Å². The SMILES string of the molecule is CCC1CCCCN1c1cncc(C(=O)Nc2cccc(Cl)c2)c1. The standard InChI is InChI=1S/C19H22ClN3O/c1-2-17-8-3-4-9-23(17)18-10-14(12-21-13-18)19(24)22-16-7-5-6-15(20)11-16/h5-7,10-13,17H,2-4,8-9H2,1H3,(H,22,24). The topological polar surface area (TPSA) is 45.2 Å². The van der Waals surface area contributed by atoms with E-state index < -0.39 is 0 Å². The van der Waals surface area contributed by atoms with E-state index in [0.717, 1.165) is 18.7 Å². The Morgan fingerprint density at radius 2 is 2.21 bits per heavy atom. The molecule has 1 atom stereocenters. The lowest BCUT2D eigenvalue weighted by Gasteiger charge is -2.37. The van der Waals surface area contributed by atoms with Crippen molar-refractivity contribution in [3.63, 3.8) is 0 Å². The third kappa shape index (κ3) is 3.88. The third-order valence-electron chi connectivity index (χ3n) is 4.50. The van der Waals surface area contributed by atoms with E-state index in [-0.39, 0.29) is 5.91 Å². The molecule has 5 heteroatoms. The molecule has 2 heterocycles. The van der Waals surface area contributed by atoms with Crippen molar-refractivity contribution in [2.24, 2.45) is 0 Å². The molecule has 0 bridgehead atoms. The summed E-state index contributed by atoms with van der Waals surface area (Å²) in [4.78, 5) is 19.2. The molecule has 1 fully saturated rings. The molecule has 1 amide bonds. The highest BCUT2D eigenvalue weighted by molar-refractivity contribution is 6.30. The number of hydrogen-bond acceptors (Lipinski definition) is 3. The number of piperidine rings is 1. The molecule has 1 aliphatic rings. The van der Waals surface area contributed by atoms with Crippen LogP contribution in [0, 0.1) is 0 Å². The fourth-order valence-corrected chi connectivity index (χ4v) is 3.43. The van der Waals surface area contributed by atoms with Crippen molar-refractivity contribution in [1.29, 1.82) is 0 Å². The number of hydrogen-bond donors (Lipinski definition) is 1. The molecule has 0 spiro atoms. The lowest BCUT2D eigenvalue weighted by molar-refractivity contribution is 0.102. The minimum Gasteiger partial charge on any atom is -0.367 e. The summed E-state index contributed by atoms with van der Waals surface area (Å²) < 4.78 is 0. The van der Waals surface area contributed by atoms with E-state index in [4.69, 9.17) is 11.6 Å². The molecule has 1 aromatic heterocycles. The highest BCUT2D eigenvalue weighted by Gasteiger charge is 2.22. The van der Waals surface area contributed by atoms with Crippen molar-refractivity contribution in [3.05, 3.63) is 53.3 Å². The number of rotatable bonds is 4. The lowest BCUT2D eigenvalue weighted by Crippen LogP contribution is -2.39. The summed E-state index contributed by atoms with van der Waals surface area (Å²) in [5.74, 6) is -0.170. The first-order valence-electron chi connectivity index (χ1n) is 8.46. The van der Waals surface area contributed by atoms with Crippen LogP contribution in [-0.4, -0.2) is 23.5 Å². The first-order valence-corrected chi connectivity index (χ1v) is 8.84. The summed E-state index contributed by atoms with van der Waals surface area (Å²) in [6.45, 7) is 3.24. The number of anilines is 2. The Balaban J connectivity index is 1.78. The average molecular weight is 344 g/mol. The molecule has 4 nitrogen and oxygen atoms in total. The van der Waals surface area contributed by atoms with Gasteiger partial charge >= 0.3 is 0 Å². The van der Waals surface area contributed by atoms with Gasteiger partial charge in [-0.3, -0.25) is 9.78 Å². The quantitative estimate of drug-likeness (QED) is 0.870. The molecule has 1 unspecified atom stereocenters. The van der Waals surface area contributed by atoms with Crippen molar-refractivity contribution >= 4 is 28.9 Å². The van der Waals surface area contributed by atoms with Crippen LogP contribution in [0.4, 0.5) is 11.4 Å². The first-order chi connectivity index (χ1) is 11.7. The molecule has 1 aliphatic heterocycles. The smallest absolute Gasteiger partial charge is 0.257 e. The Hall–Kier alpha value is -2.07. The van der Waals surface area contributed by atoms with Crippen LogP contribution in [0.3, 0.4) is 0 Å². The van der Waals surface area contributed by atoms with Gasteiger partial charge < -0.3 is 10.2 Å². The number of nitrogens with zero attached hydrogens (tertiary/aromatic N) is 2. The highest BCUT2D eigenvalue weighted by Crippen LogP contribution is 2.26. The molecule has 0 saturated carbocycles. The van der Waals surface area contributed by atoms with Crippen LogP contribution >= 0.6 is 11.6 Å². The maximum absolute atomic E-state index is 12.5. The molecule has 3 rings (SSSR count). The Morgan fingerprint density at radius 1 is 1.33 bits per heavy atom. The maximum atomic E-state index is 12.5. The van der Waals surface area contributed by atoms with Crippen molar-refractivity contribution in [2.45, 2.75) is 38.6 Å². The number of nitrogens with one attached hydrogen (secondary N) is 1. The summed E-state index contributed by atoms with van der Waals surface area (Å²) in [7, 11) is 0. The summed E-state index contributed by atoms with van der Waals surface area (Å²) in [5, 5.41) is 3.47. The van der Waals surface area contributed by atoms with E-state index in [9.17, 15) is 4.79 Å². The minimum atomic E-state index is -0.170. The second kappa shape index (κ2) is 7.67. The normalized spacial score (nSPS) is 17.6. The number of benzene rings is 1. The van der Waals surface area contributed by atoms with Crippen molar-refractivity contribution in [1.82, 2.24) is 4.98 Å². The summed E-state index contributed by atoms with van der Waals surface area (Å²) in [6.07, 6.45) is 8.24. The molecule has 0 aliphatic carbocycles. The summed E-state index contributed by atoms with van der Waals surface area (Å²) in [6, 6.07) is 9.60. The fourth-order valence-electron chi connectivity index (χ4n) is 3.24. The minimum absolute atomic E-state index is 0.170. The van der Waals surface area contributed by atoms with Crippen LogP contribution < -0.4 is 10.2 Å². The molecule has 2 aromatic rings. The number of aromatic nitrogens is 1. The molecular formula is C19H22ClN3O. The largest absolute Gasteiger partial charge is 0.367 e. The zero-order valence-electron chi connectivity index (χ0n) is 13.8. The van der Waals surface area contributed by atoms with Crippen molar-refractivity contribution in [2.75, 3.05) is 16.8 Å². The van der Waals surface area contributed by atoms with E-state index in [0.29, 0.717) is 22.3 Å². The molecule has 1 saturated heterocycles. The predicted molar refractivity (Wildman–Crippen MR) is 98.9 cm³/mol. The van der Waals surface area contributed by atoms with Crippen LogP contribution in [0.5, 0.6) is 0 Å². The Morgan fingerprint density at radius 3 is 3.00 bits per heavy atom. The Labute approximate surface area is 147 Å². The second-order valence-electron chi connectivity index (χ2n) is 6.15. The second-order valence-corrected chi connectivity index (χ2v) is 6.58. The molecule has 1 aromatic carbocycles. The highest BCUT2D eigenvalue weighted by atomic mass is 35.5. The zero-order chi connectivity index (χ0) is 16.9. The van der Waals surface area contributed by atoms with E-state index >= 15 is 0 Å². The maximum Gasteiger partial charge on any atom is 0.257 e. The van der Waals surface area contributed by atoms with Gasteiger partial charge in [0.05, 0.1) is 17.4 Å². The van der Waals surface area contributed by atoms with E-state index in [1.54, 1.807) is 18.3 Å². The number of carbonyl (C=O) groups excluding carboxylic acids is 1. The van der Waals surface area contributed by atoms with Crippen LogP contribution in [0.15, 0.2) is 42.7 Å². The van der Waals surface area contributed by atoms with E-state index in [1.165, 1.54) is 19.3 Å². The average Bonchev–Trinajstić information content (AvgIpc) is 2.62. The Kier molecular flexibility index (Phi) is 5.36. The van der Waals surface area contributed by atoms with Gasteiger partial charge in [0.1, 0.15) is 0 Å².